The third-order valence-electron chi connectivity index (χ3n) is 4.60. The fourth-order valence-electron chi connectivity index (χ4n) is 2.95. The van der Waals surface area contributed by atoms with Crippen molar-refractivity contribution in [3.05, 3.63) is 86.0 Å². The highest BCUT2D eigenvalue weighted by molar-refractivity contribution is 14.1. The summed E-state index contributed by atoms with van der Waals surface area (Å²) in [5.74, 6) is 1.21. The molecule has 8 heteroatoms. The van der Waals surface area contributed by atoms with Crippen molar-refractivity contribution in [2.75, 3.05) is 19.5 Å². The van der Waals surface area contributed by atoms with Crippen molar-refractivity contribution >= 4 is 51.9 Å². The third-order valence-corrected chi connectivity index (χ3v) is 5.77. The minimum Gasteiger partial charge on any atom is -0.493 e. The van der Waals surface area contributed by atoms with E-state index < -0.39 is 5.91 Å². The van der Waals surface area contributed by atoms with Crippen LogP contribution < -0.4 is 19.5 Å². The van der Waals surface area contributed by atoms with Crippen LogP contribution in [0.15, 0.2) is 66.2 Å². The van der Waals surface area contributed by atoms with Crippen LogP contribution in [-0.4, -0.2) is 20.1 Å². The van der Waals surface area contributed by atoms with Crippen LogP contribution in [0.3, 0.4) is 0 Å². The average Bonchev–Trinajstić information content (AvgIpc) is 2.82. The van der Waals surface area contributed by atoms with Crippen LogP contribution in [0.5, 0.6) is 17.2 Å². The molecule has 0 fully saturated rings. The summed E-state index contributed by atoms with van der Waals surface area (Å²) in [6.45, 7) is 0.330. The van der Waals surface area contributed by atoms with Gasteiger partial charge in [-0.1, -0.05) is 29.8 Å². The van der Waals surface area contributed by atoms with Crippen LogP contribution in [-0.2, 0) is 11.4 Å². The lowest BCUT2D eigenvalue weighted by Gasteiger charge is -2.11. The van der Waals surface area contributed by atoms with Gasteiger partial charge in [0, 0.05) is 16.3 Å². The first-order valence-corrected chi connectivity index (χ1v) is 11.2. The van der Waals surface area contributed by atoms with Gasteiger partial charge in [-0.3, -0.25) is 4.79 Å². The van der Waals surface area contributed by atoms with E-state index in [4.69, 9.17) is 25.8 Å². The van der Waals surface area contributed by atoms with Gasteiger partial charge in [0.1, 0.15) is 24.0 Å². The summed E-state index contributed by atoms with van der Waals surface area (Å²) < 4.78 is 17.2. The largest absolute Gasteiger partial charge is 0.493 e. The minimum atomic E-state index is -0.521. The lowest BCUT2D eigenvalue weighted by Crippen LogP contribution is -2.13. The van der Waals surface area contributed by atoms with Gasteiger partial charge < -0.3 is 19.5 Å². The molecule has 0 aliphatic rings. The van der Waals surface area contributed by atoms with Crippen LogP contribution in [0.1, 0.15) is 11.1 Å². The second kappa shape index (κ2) is 11.6. The normalized spacial score (nSPS) is 10.8. The molecule has 0 aliphatic carbocycles. The quantitative estimate of drug-likeness (QED) is 0.200. The molecule has 0 aliphatic heterocycles. The monoisotopic (exact) mass is 574 g/mol. The summed E-state index contributed by atoms with van der Waals surface area (Å²) in [6.07, 6.45) is 1.50. The van der Waals surface area contributed by atoms with Crippen molar-refractivity contribution in [1.29, 1.82) is 5.26 Å². The Hall–Kier alpha value is -3.22. The van der Waals surface area contributed by atoms with Crippen molar-refractivity contribution in [3.63, 3.8) is 0 Å². The number of nitrogens with zero attached hydrogens (tertiary/aromatic N) is 1. The van der Waals surface area contributed by atoms with Gasteiger partial charge in [-0.25, -0.2) is 0 Å². The summed E-state index contributed by atoms with van der Waals surface area (Å²) in [7, 11) is 3.08. The maximum Gasteiger partial charge on any atom is 0.266 e. The minimum absolute atomic E-state index is 0.0444. The highest BCUT2D eigenvalue weighted by Gasteiger charge is 2.13. The smallest absolute Gasteiger partial charge is 0.266 e. The molecular weight excluding hydrogens is 555 g/mol. The molecule has 0 saturated heterocycles. The van der Waals surface area contributed by atoms with Crippen LogP contribution in [0, 0.1) is 14.9 Å². The fraction of sp³-hybridized carbons (Fsp3) is 0.120. The number of amides is 1. The van der Waals surface area contributed by atoms with Crippen molar-refractivity contribution < 1.29 is 19.0 Å². The first kappa shape index (κ1) is 24.4. The zero-order valence-electron chi connectivity index (χ0n) is 17.9. The molecule has 33 heavy (non-hydrogen) atoms. The predicted molar refractivity (Wildman–Crippen MR) is 137 cm³/mol. The number of hydrogen-bond donors (Lipinski definition) is 1. The topological polar surface area (TPSA) is 80.6 Å². The molecule has 3 aromatic carbocycles. The molecule has 0 aromatic heterocycles. The van der Waals surface area contributed by atoms with Crippen LogP contribution in [0.4, 0.5) is 5.69 Å². The Kier molecular flexibility index (Phi) is 8.58. The highest BCUT2D eigenvalue weighted by Crippen LogP contribution is 2.34. The zero-order valence-corrected chi connectivity index (χ0v) is 20.8. The van der Waals surface area contributed by atoms with E-state index in [1.54, 1.807) is 43.5 Å². The van der Waals surface area contributed by atoms with E-state index in [-0.39, 0.29) is 5.57 Å². The number of nitriles is 1. The lowest BCUT2D eigenvalue weighted by molar-refractivity contribution is -0.112. The van der Waals surface area contributed by atoms with E-state index in [1.807, 2.05) is 30.3 Å². The number of rotatable bonds is 8. The Morgan fingerprint density at radius 2 is 1.85 bits per heavy atom. The van der Waals surface area contributed by atoms with Crippen molar-refractivity contribution in [3.8, 4) is 23.3 Å². The number of benzene rings is 3. The van der Waals surface area contributed by atoms with Crippen molar-refractivity contribution in [2.24, 2.45) is 0 Å². The van der Waals surface area contributed by atoms with Gasteiger partial charge in [0.25, 0.3) is 5.91 Å². The molecule has 0 unspecified atom stereocenters. The number of nitrogens with one attached hydrogen (secondary N) is 1. The van der Waals surface area contributed by atoms with Crippen molar-refractivity contribution in [1.82, 2.24) is 0 Å². The Labute approximate surface area is 210 Å². The first-order chi connectivity index (χ1) is 15.9. The Bertz CT molecular complexity index is 1220. The standard InChI is InChI=1S/C25H20ClIN2O4/c1-31-23-13-16(12-22(27)24(23)32-2)11-18(14-28)25(30)29-19-7-9-20(10-8-19)33-15-17-5-3-4-6-21(17)26/h3-13H,15H2,1-2H3,(H,29,30)/b18-11+. The first-order valence-electron chi connectivity index (χ1n) is 9.76. The summed E-state index contributed by atoms with van der Waals surface area (Å²) in [4.78, 5) is 12.6. The van der Waals surface area contributed by atoms with Crippen molar-refractivity contribution in [2.45, 2.75) is 6.61 Å². The summed E-state index contributed by atoms with van der Waals surface area (Å²) in [5.41, 5.74) is 2.02. The fourth-order valence-corrected chi connectivity index (χ4v) is 3.98. The zero-order chi connectivity index (χ0) is 23.8. The third kappa shape index (κ3) is 6.40. The highest BCUT2D eigenvalue weighted by atomic mass is 127. The molecule has 3 aromatic rings. The molecule has 168 valence electrons. The molecule has 0 heterocycles. The number of carbonyl (C=O) groups is 1. The predicted octanol–water partition coefficient (Wildman–Crippen LogP) is 6.09. The van der Waals surface area contributed by atoms with Gasteiger partial charge in [-0.05, 0) is 76.7 Å². The lowest BCUT2D eigenvalue weighted by atomic mass is 10.1. The van der Waals surface area contributed by atoms with Crippen LogP contribution in [0.2, 0.25) is 5.02 Å². The summed E-state index contributed by atoms with van der Waals surface area (Å²) >= 11 is 8.25. The van der Waals surface area contributed by atoms with Gasteiger partial charge in [-0.15, -0.1) is 0 Å². The molecule has 0 atom stereocenters. The SMILES string of the molecule is COc1cc(/C=C(\C#N)C(=O)Nc2ccc(OCc3ccccc3Cl)cc2)cc(I)c1OC. The second-order valence-corrected chi connectivity index (χ2v) is 8.34. The Morgan fingerprint density at radius 3 is 2.48 bits per heavy atom. The molecule has 3 rings (SSSR count). The number of ether oxygens (including phenoxy) is 3. The van der Waals surface area contributed by atoms with E-state index in [1.165, 1.54) is 13.2 Å². The summed E-state index contributed by atoms with van der Waals surface area (Å²) in [6, 6.07) is 19.8. The number of methoxy groups -OCH3 is 2. The van der Waals surface area contributed by atoms with Gasteiger partial charge in [-0.2, -0.15) is 5.26 Å². The van der Waals surface area contributed by atoms with Crippen LogP contribution >= 0.6 is 34.2 Å². The Morgan fingerprint density at radius 1 is 1.12 bits per heavy atom. The molecular formula is C25H20ClIN2O4. The number of anilines is 1. The van der Waals surface area contributed by atoms with E-state index in [9.17, 15) is 10.1 Å². The number of carbonyl (C=O) groups excluding carboxylic acids is 1. The molecule has 0 spiro atoms. The van der Waals surface area contributed by atoms with Gasteiger partial charge in [0.15, 0.2) is 11.5 Å². The molecule has 1 N–H and O–H groups in total. The second-order valence-electron chi connectivity index (χ2n) is 6.77. The number of hydrogen-bond acceptors (Lipinski definition) is 5. The molecule has 0 radical (unpaired) electrons. The maximum atomic E-state index is 12.6. The average molecular weight is 575 g/mol. The van der Waals surface area contributed by atoms with Gasteiger partial charge in [0.05, 0.1) is 17.8 Å². The van der Waals surface area contributed by atoms with Gasteiger partial charge in [0.2, 0.25) is 0 Å². The number of halogens is 2. The molecule has 0 saturated carbocycles. The molecule has 1 amide bonds. The maximum absolute atomic E-state index is 12.6. The van der Waals surface area contributed by atoms with E-state index in [0.717, 1.165) is 9.13 Å². The van der Waals surface area contributed by atoms with Crippen LogP contribution in [0.25, 0.3) is 6.08 Å². The van der Waals surface area contributed by atoms with E-state index in [0.29, 0.717) is 40.1 Å². The van der Waals surface area contributed by atoms with Gasteiger partial charge >= 0.3 is 0 Å². The van der Waals surface area contributed by atoms with E-state index in [2.05, 4.69) is 27.9 Å². The van der Waals surface area contributed by atoms with E-state index >= 15 is 0 Å². The molecule has 0 bridgehead atoms. The summed E-state index contributed by atoms with van der Waals surface area (Å²) in [5, 5.41) is 12.9. The molecule has 6 nitrogen and oxygen atoms in total. The Balaban J connectivity index is 1.69.